The normalized spacial score (nSPS) is 15.0. The Morgan fingerprint density at radius 2 is 1.50 bits per heavy atom. The van der Waals surface area contributed by atoms with Gasteiger partial charge in [-0.05, 0) is 49.4 Å². The standard InChI is InChI=1S/C24H25N3O3/c1-19(23(28)27-16-14-26(15-17-27)21-9-3-2-4-10-21)30-24(29)20-8-7-11-22(18-20)25-12-5-6-13-25/h2-13,18-19H,14-17H2,1H3. The summed E-state index contributed by atoms with van der Waals surface area (Å²) >= 11 is 0. The largest absolute Gasteiger partial charge is 0.449 e. The number of ether oxygens (including phenoxy) is 1. The van der Waals surface area contributed by atoms with E-state index >= 15 is 0 Å². The van der Waals surface area contributed by atoms with Gasteiger partial charge in [-0.2, -0.15) is 0 Å². The summed E-state index contributed by atoms with van der Waals surface area (Å²) in [6, 6.07) is 21.2. The Balaban J connectivity index is 1.34. The van der Waals surface area contributed by atoms with Crippen LogP contribution in [0.5, 0.6) is 0 Å². The molecule has 0 radical (unpaired) electrons. The van der Waals surface area contributed by atoms with Gasteiger partial charge in [0.05, 0.1) is 5.56 Å². The van der Waals surface area contributed by atoms with Gasteiger partial charge in [0.15, 0.2) is 6.10 Å². The Morgan fingerprint density at radius 3 is 2.20 bits per heavy atom. The first-order valence-corrected chi connectivity index (χ1v) is 10.1. The van der Waals surface area contributed by atoms with Crippen LogP contribution in [0, 0.1) is 0 Å². The van der Waals surface area contributed by atoms with Gasteiger partial charge in [-0.15, -0.1) is 0 Å². The van der Waals surface area contributed by atoms with E-state index in [1.165, 1.54) is 0 Å². The smallest absolute Gasteiger partial charge is 0.338 e. The molecule has 30 heavy (non-hydrogen) atoms. The molecule has 1 unspecified atom stereocenters. The van der Waals surface area contributed by atoms with Crippen LogP contribution in [0.2, 0.25) is 0 Å². The topological polar surface area (TPSA) is 54.8 Å². The average Bonchev–Trinajstić information content (AvgIpc) is 3.34. The number of carbonyl (C=O) groups excluding carboxylic acids is 2. The van der Waals surface area contributed by atoms with Crippen LogP contribution in [0.15, 0.2) is 79.1 Å². The molecule has 154 valence electrons. The highest BCUT2D eigenvalue weighted by molar-refractivity contribution is 5.92. The van der Waals surface area contributed by atoms with E-state index in [-0.39, 0.29) is 5.91 Å². The zero-order valence-electron chi connectivity index (χ0n) is 17.0. The second-order valence-corrected chi connectivity index (χ2v) is 7.34. The molecule has 1 aliphatic rings. The highest BCUT2D eigenvalue weighted by Crippen LogP contribution is 2.17. The second kappa shape index (κ2) is 8.86. The van der Waals surface area contributed by atoms with Crippen molar-refractivity contribution in [2.45, 2.75) is 13.0 Å². The van der Waals surface area contributed by atoms with E-state index in [1.807, 2.05) is 53.4 Å². The van der Waals surface area contributed by atoms with E-state index in [9.17, 15) is 9.59 Å². The number of aromatic nitrogens is 1. The van der Waals surface area contributed by atoms with E-state index in [2.05, 4.69) is 17.0 Å². The highest BCUT2D eigenvalue weighted by atomic mass is 16.5. The van der Waals surface area contributed by atoms with Crippen LogP contribution in [-0.4, -0.2) is 53.6 Å². The molecule has 0 N–H and O–H groups in total. The monoisotopic (exact) mass is 403 g/mol. The first kappa shape index (κ1) is 19.8. The number of carbonyl (C=O) groups is 2. The molecule has 6 heteroatoms. The summed E-state index contributed by atoms with van der Waals surface area (Å²) in [4.78, 5) is 29.4. The predicted octanol–water partition coefficient (Wildman–Crippen LogP) is 3.37. The quantitative estimate of drug-likeness (QED) is 0.613. The minimum atomic E-state index is -0.823. The van der Waals surface area contributed by atoms with Crippen LogP contribution in [0.1, 0.15) is 17.3 Å². The Hall–Kier alpha value is -3.54. The number of hydrogen-bond donors (Lipinski definition) is 0. The number of para-hydroxylation sites is 1. The Kier molecular flexibility index (Phi) is 5.84. The molecule has 1 aromatic heterocycles. The molecule has 2 heterocycles. The van der Waals surface area contributed by atoms with E-state index in [0.717, 1.165) is 24.5 Å². The van der Waals surface area contributed by atoms with Crippen LogP contribution in [-0.2, 0) is 9.53 Å². The third-order valence-corrected chi connectivity index (χ3v) is 5.33. The second-order valence-electron chi connectivity index (χ2n) is 7.34. The van der Waals surface area contributed by atoms with Gasteiger partial charge in [-0.1, -0.05) is 24.3 Å². The van der Waals surface area contributed by atoms with E-state index in [4.69, 9.17) is 4.74 Å². The SMILES string of the molecule is CC(OC(=O)c1cccc(-n2cccc2)c1)C(=O)N1CCN(c2ccccc2)CC1. The fourth-order valence-corrected chi connectivity index (χ4v) is 3.66. The van der Waals surface area contributed by atoms with Crippen LogP contribution >= 0.6 is 0 Å². The fraction of sp³-hybridized carbons (Fsp3) is 0.250. The third-order valence-electron chi connectivity index (χ3n) is 5.33. The van der Waals surface area contributed by atoms with Gasteiger partial charge in [0, 0.05) is 49.9 Å². The van der Waals surface area contributed by atoms with E-state index < -0.39 is 12.1 Å². The van der Waals surface area contributed by atoms with Gasteiger partial charge in [0.2, 0.25) is 0 Å². The molecular formula is C24H25N3O3. The van der Waals surface area contributed by atoms with Crippen molar-refractivity contribution in [1.29, 1.82) is 0 Å². The molecule has 1 amide bonds. The van der Waals surface area contributed by atoms with Gasteiger partial charge in [0.25, 0.3) is 5.91 Å². The zero-order chi connectivity index (χ0) is 20.9. The van der Waals surface area contributed by atoms with Crippen LogP contribution in [0.4, 0.5) is 5.69 Å². The molecule has 0 saturated carbocycles. The average molecular weight is 403 g/mol. The molecule has 1 aliphatic heterocycles. The lowest BCUT2D eigenvalue weighted by Gasteiger charge is -2.37. The number of piperazine rings is 1. The van der Waals surface area contributed by atoms with Crippen molar-refractivity contribution < 1.29 is 14.3 Å². The number of rotatable bonds is 5. The van der Waals surface area contributed by atoms with Gasteiger partial charge >= 0.3 is 5.97 Å². The summed E-state index contributed by atoms with van der Waals surface area (Å²) in [6.45, 7) is 4.38. The molecule has 1 saturated heterocycles. The number of nitrogens with zero attached hydrogens (tertiary/aromatic N) is 3. The van der Waals surface area contributed by atoms with Crippen LogP contribution in [0.3, 0.4) is 0 Å². The molecule has 1 fully saturated rings. The minimum absolute atomic E-state index is 0.155. The molecule has 0 aliphatic carbocycles. The van der Waals surface area contributed by atoms with Crippen molar-refractivity contribution in [3.05, 3.63) is 84.7 Å². The van der Waals surface area contributed by atoms with Gasteiger partial charge in [-0.25, -0.2) is 4.79 Å². The number of esters is 1. The number of hydrogen-bond acceptors (Lipinski definition) is 4. The lowest BCUT2D eigenvalue weighted by Crippen LogP contribution is -2.51. The summed E-state index contributed by atoms with van der Waals surface area (Å²) in [7, 11) is 0. The van der Waals surface area contributed by atoms with Gasteiger partial charge in [-0.3, -0.25) is 4.79 Å². The van der Waals surface area contributed by atoms with Crippen LogP contribution < -0.4 is 4.90 Å². The lowest BCUT2D eigenvalue weighted by atomic mass is 10.2. The molecule has 2 aromatic carbocycles. The number of benzene rings is 2. The first-order chi connectivity index (χ1) is 14.6. The molecule has 3 aromatic rings. The summed E-state index contributed by atoms with van der Waals surface area (Å²) < 4.78 is 7.40. The van der Waals surface area contributed by atoms with Crippen molar-refractivity contribution in [1.82, 2.24) is 9.47 Å². The van der Waals surface area contributed by atoms with Crippen molar-refractivity contribution in [2.75, 3.05) is 31.1 Å². The van der Waals surface area contributed by atoms with Crippen LogP contribution in [0.25, 0.3) is 5.69 Å². The minimum Gasteiger partial charge on any atom is -0.449 e. The maximum atomic E-state index is 12.8. The Bertz CT molecular complexity index is 994. The molecule has 6 nitrogen and oxygen atoms in total. The van der Waals surface area contributed by atoms with Crippen molar-refractivity contribution in [3.8, 4) is 5.69 Å². The molecule has 0 spiro atoms. The Morgan fingerprint density at radius 1 is 0.833 bits per heavy atom. The molecule has 1 atom stereocenters. The predicted molar refractivity (Wildman–Crippen MR) is 116 cm³/mol. The van der Waals surface area contributed by atoms with Crippen molar-refractivity contribution in [2.24, 2.45) is 0 Å². The summed E-state index contributed by atoms with van der Waals surface area (Å²) in [5.41, 5.74) is 2.45. The molecule has 0 bridgehead atoms. The zero-order valence-corrected chi connectivity index (χ0v) is 17.0. The third kappa shape index (κ3) is 4.38. The van der Waals surface area contributed by atoms with Gasteiger partial charge in [0.1, 0.15) is 0 Å². The maximum absolute atomic E-state index is 12.8. The number of amides is 1. The fourth-order valence-electron chi connectivity index (χ4n) is 3.66. The molecular weight excluding hydrogens is 378 g/mol. The molecule has 4 rings (SSSR count). The first-order valence-electron chi connectivity index (χ1n) is 10.1. The summed E-state index contributed by atoms with van der Waals surface area (Å²) in [5.74, 6) is -0.648. The van der Waals surface area contributed by atoms with E-state index in [1.54, 1.807) is 30.0 Å². The van der Waals surface area contributed by atoms with E-state index in [0.29, 0.717) is 18.7 Å². The lowest BCUT2D eigenvalue weighted by molar-refractivity contribution is -0.140. The summed E-state index contributed by atoms with van der Waals surface area (Å²) in [5, 5.41) is 0. The van der Waals surface area contributed by atoms with Gasteiger partial charge < -0.3 is 19.1 Å². The van der Waals surface area contributed by atoms with Crippen molar-refractivity contribution >= 4 is 17.6 Å². The maximum Gasteiger partial charge on any atom is 0.338 e. The summed E-state index contributed by atoms with van der Waals surface area (Å²) in [6.07, 6.45) is 2.99. The van der Waals surface area contributed by atoms with Crippen molar-refractivity contribution in [3.63, 3.8) is 0 Å². The Labute approximate surface area is 176 Å². The highest BCUT2D eigenvalue weighted by Gasteiger charge is 2.27. The number of anilines is 1.